The molecule has 0 atom stereocenters. The number of hydrogen-bond donors (Lipinski definition) is 0. The minimum atomic E-state index is -0.167. The highest BCUT2D eigenvalue weighted by Gasteiger charge is 2.12. The fraction of sp³-hybridized carbons (Fsp3) is 0.273. The Hall–Kier alpha value is -1.08. The summed E-state index contributed by atoms with van der Waals surface area (Å²) in [6.07, 6.45) is 1.64. The molecule has 0 bridgehead atoms. The van der Waals surface area contributed by atoms with Crippen molar-refractivity contribution in [3.05, 3.63) is 43.6 Å². The molecule has 0 unspecified atom stereocenters. The molecule has 0 aliphatic carbocycles. The predicted octanol–water partition coefficient (Wildman–Crippen LogP) is 2.53. The third kappa shape index (κ3) is 2.67. The molecular formula is C11H11Br2N3O2. The highest BCUT2D eigenvalue weighted by atomic mass is 79.9. The Morgan fingerprint density at radius 1 is 1.44 bits per heavy atom. The quantitative estimate of drug-likeness (QED) is 0.825. The van der Waals surface area contributed by atoms with Crippen LogP contribution in [-0.4, -0.2) is 16.8 Å². The molecule has 2 heterocycles. The molecule has 0 spiro atoms. The van der Waals surface area contributed by atoms with Crippen LogP contribution in [-0.2, 0) is 13.6 Å². The van der Waals surface area contributed by atoms with Gasteiger partial charge < -0.3 is 9.32 Å². The van der Waals surface area contributed by atoms with Crippen molar-refractivity contribution < 1.29 is 4.42 Å². The summed E-state index contributed by atoms with van der Waals surface area (Å²) in [5.41, 5.74) is 0.561. The van der Waals surface area contributed by atoms with E-state index in [9.17, 15) is 4.79 Å². The molecule has 0 saturated heterocycles. The maximum absolute atomic E-state index is 11.7. The van der Waals surface area contributed by atoms with Crippen LogP contribution in [0.5, 0.6) is 0 Å². The first-order valence-electron chi connectivity index (χ1n) is 5.16. The van der Waals surface area contributed by atoms with Crippen LogP contribution in [0.3, 0.4) is 0 Å². The van der Waals surface area contributed by atoms with Crippen molar-refractivity contribution in [3.8, 4) is 0 Å². The Morgan fingerprint density at radius 3 is 2.78 bits per heavy atom. The van der Waals surface area contributed by atoms with Gasteiger partial charge in [0.25, 0.3) is 5.56 Å². The number of halogens is 2. The number of anilines is 1. The van der Waals surface area contributed by atoms with Crippen molar-refractivity contribution >= 4 is 37.5 Å². The molecule has 0 aliphatic heterocycles. The van der Waals surface area contributed by atoms with Crippen molar-refractivity contribution in [2.45, 2.75) is 6.54 Å². The van der Waals surface area contributed by atoms with Crippen molar-refractivity contribution in [3.63, 3.8) is 0 Å². The number of rotatable bonds is 3. The lowest BCUT2D eigenvalue weighted by molar-refractivity contribution is 0.486. The van der Waals surface area contributed by atoms with Crippen LogP contribution in [0.1, 0.15) is 5.76 Å². The summed E-state index contributed by atoms with van der Waals surface area (Å²) in [7, 11) is 3.48. The SMILES string of the molecule is CN(Cc1ccc(Br)o1)c1cnn(C)c(=O)c1Br. The van der Waals surface area contributed by atoms with Crippen molar-refractivity contribution in [1.29, 1.82) is 0 Å². The summed E-state index contributed by atoms with van der Waals surface area (Å²) in [6.45, 7) is 0.555. The van der Waals surface area contributed by atoms with E-state index in [0.717, 1.165) is 11.4 Å². The largest absolute Gasteiger partial charge is 0.452 e. The van der Waals surface area contributed by atoms with Gasteiger partial charge >= 0.3 is 0 Å². The Labute approximate surface area is 121 Å². The summed E-state index contributed by atoms with van der Waals surface area (Å²) in [5, 5.41) is 4.00. The van der Waals surface area contributed by atoms with Crippen LogP contribution in [0, 0.1) is 0 Å². The lowest BCUT2D eigenvalue weighted by Gasteiger charge is -2.18. The Morgan fingerprint density at radius 2 is 2.17 bits per heavy atom. The first-order chi connectivity index (χ1) is 8.49. The molecule has 18 heavy (non-hydrogen) atoms. The highest BCUT2D eigenvalue weighted by Crippen LogP contribution is 2.23. The lowest BCUT2D eigenvalue weighted by atomic mass is 10.3. The smallest absolute Gasteiger partial charge is 0.282 e. The summed E-state index contributed by atoms with van der Waals surface area (Å²) in [4.78, 5) is 13.6. The van der Waals surface area contributed by atoms with Gasteiger partial charge in [0.15, 0.2) is 4.67 Å². The van der Waals surface area contributed by atoms with Crippen LogP contribution in [0.4, 0.5) is 5.69 Å². The first kappa shape index (κ1) is 13.4. The van der Waals surface area contributed by atoms with Gasteiger partial charge in [-0.3, -0.25) is 4.79 Å². The molecule has 96 valence electrons. The summed E-state index contributed by atoms with van der Waals surface area (Å²) < 4.78 is 7.89. The maximum atomic E-state index is 11.7. The fourth-order valence-corrected chi connectivity index (χ4v) is 2.53. The zero-order valence-corrected chi connectivity index (χ0v) is 13.0. The molecular weight excluding hydrogens is 366 g/mol. The second-order valence-electron chi connectivity index (χ2n) is 3.83. The minimum absolute atomic E-state index is 0.167. The van der Waals surface area contributed by atoms with E-state index in [1.165, 1.54) is 4.68 Å². The number of hydrogen-bond acceptors (Lipinski definition) is 4. The molecule has 0 N–H and O–H groups in total. The van der Waals surface area contributed by atoms with Gasteiger partial charge in [-0.2, -0.15) is 5.10 Å². The molecule has 2 rings (SSSR count). The maximum Gasteiger partial charge on any atom is 0.282 e. The standard InChI is InChI=1S/C11H11Br2N3O2/c1-15(6-7-3-4-9(12)18-7)8-5-14-16(2)11(17)10(8)13/h3-5H,6H2,1-2H3. The number of furan rings is 1. The van der Waals surface area contributed by atoms with Crippen LogP contribution in [0.25, 0.3) is 0 Å². The van der Waals surface area contributed by atoms with E-state index in [-0.39, 0.29) is 5.56 Å². The van der Waals surface area contributed by atoms with Crippen molar-refractivity contribution in [2.75, 3.05) is 11.9 Å². The Bertz CT molecular complexity index is 621. The van der Waals surface area contributed by atoms with Crippen LogP contribution >= 0.6 is 31.9 Å². The van der Waals surface area contributed by atoms with Crippen LogP contribution in [0.15, 0.2) is 36.7 Å². The topological polar surface area (TPSA) is 51.3 Å². The molecule has 0 radical (unpaired) electrons. The zero-order chi connectivity index (χ0) is 13.3. The van der Waals surface area contributed by atoms with Gasteiger partial charge in [-0.15, -0.1) is 0 Å². The Kier molecular flexibility index (Phi) is 3.91. The van der Waals surface area contributed by atoms with E-state index in [0.29, 0.717) is 15.7 Å². The van der Waals surface area contributed by atoms with Gasteiger partial charge in [-0.05, 0) is 44.0 Å². The van der Waals surface area contributed by atoms with E-state index in [1.54, 1.807) is 13.2 Å². The van der Waals surface area contributed by atoms with Crippen LogP contribution in [0.2, 0.25) is 0 Å². The third-order valence-electron chi connectivity index (χ3n) is 2.49. The molecule has 0 amide bonds. The highest BCUT2D eigenvalue weighted by molar-refractivity contribution is 9.10. The van der Waals surface area contributed by atoms with Gasteiger partial charge in [0, 0.05) is 14.1 Å². The summed E-state index contributed by atoms with van der Waals surface area (Å²) in [5.74, 6) is 0.803. The third-order valence-corrected chi connectivity index (χ3v) is 3.66. The monoisotopic (exact) mass is 375 g/mol. The number of aryl methyl sites for hydroxylation is 1. The predicted molar refractivity (Wildman–Crippen MR) is 75.7 cm³/mol. The second-order valence-corrected chi connectivity index (χ2v) is 5.41. The molecule has 7 heteroatoms. The van der Waals surface area contributed by atoms with Gasteiger partial charge in [-0.1, -0.05) is 0 Å². The average molecular weight is 377 g/mol. The lowest BCUT2D eigenvalue weighted by Crippen LogP contribution is -2.25. The van der Waals surface area contributed by atoms with Crippen molar-refractivity contribution in [1.82, 2.24) is 9.78 Å². The van der Waals surface area contributed by atoms with E-state index < -0.39 is 0 Å². The molecule has 0 aromatic carbocycles. The normalized spacial score (nSPS) is 10.7. The van der Waals surface area contributed by atoms with E-state index in [1.807, 2.05) is 24.1 Å². The van der Waals surface area contributed by atoms with Crippen LogP contribution < -0.4 is 10.5 Å². The molecule has 0 saturated carbocycles. The van der Waals surface area contributed by atoms with Gasteiger partial charge in [0.05, 0.1) is 18.4 Å². The molecule has 0 fully saturated rings. The van der Waals surface area contributed by atoms with Gasteiger partial charge in [0.2, 0.25) is 0 Å². The van der Waals surface area contributed by atoms with Crippen molar-refractivity contribution in [2.24, 2.45) is 7.05 Å². The second kappa shape index (κ2) is 5.27. The number of nitrogens with zero attached hydrogens (tertiary/aromatic N) is 3. The Balaban J connectivity index is 2.26. The van der Waals surface area contributed by atoms with Gasteiger partial charge in [-0.25, -0.2) is 4.68 Å². The van der Waals surface area contributed by atoms with E-state index >= 15 is 0 Å². The minimum Gasteiger partial charge on any atom is -0.452 e. The first-order valence-corrected chi connectivity index (χ1v) is 6.75. The average Bonchev–Trinajstić information content (AvgIpc) is 2.71. The van der Waals surface area contributed by atoms with E-state index in [4.69, 9.17) is 4.42 Å². The zero-order valence-electron chi connectivity index (χ0n) is 9.85. The summed E-state index contributed by atoms with van der Waals surface area (Å²) >= 11 is 6.55. The molecule has 2 aromatic heterocycles. The molecule has 5 nitrogen and oxygen atoms in total. The molecule has 2 aromatic rings. The van der Waals surface area contributed by atoms with E-state index in [2.05, 4.69) is 37.0 Å². The number of aromatic nitrogens is 2. The fourth-order valence-electron chi connectivity index (χ4n) is 1.52. The summed E-state index contributed by atoms with van der Waals surface area (Å²) in [6, 6.07) is 3.71. The molecule has 0 aliphatic rings. The van der Waals surface area contributed by atoms with Gasteiger partial charge in [0.1, 0.15) is 10.2 Å².